The van der Waals surface area contributed by atoms with Gasteiger partial charge in [-0.05, 0) is 37.8 Å². The fraction of sp³-hybridized carbons (Fsp3) is 0.471. The van der Waals surface area contributed by atoms with Crippen LogP contribution >= 0.6 is 11.8 Å². The molecule has 23 heavy (non-hydrogen) atoms. The first-order valence-electron chi connectivity index (χ1n) is 8.09. The van der Waals surface area contributed by atoms with Gasteiger partial charge in [0.15, 0.2) is 0 Å². The van der Waals surface area contributed by atoms with E-state index in [0.29, 0.717) is 22.9 Å². The van der Waals surface area contributed by atoms with Crippen molar-refractivity contribution >= 4 is 17.7 Å². The van der Waals surface area contributed by atoms with Crippen LogP contribution < -0.4 is 0 Å². The Hall–Kier alpha value is -1.82. The quantitative estimate of drug-likeness (QED) is 0.783. The maximum absolute atomic E-state index is 12.4. The Balaban J connectivity index is 1.58. The summed E-state index contributed by atoms with van der Waals surface area (Å²) in [5, 5.41) is 8.52. The zero-order chi connectivity index (χ0) is 16.1. The van der Waals surface area contributed by atoms with Gasteiger partial charge < -0.3 is 9.32 Å². The minimum Gasteiger partial charge on any atom is -0.411 e. The highest BCUT2D eigenvalue weighted by Gasteiger charge is 2.25. The molecule has 1 unspecified atom stereocenters. The fourth-order valence-electron chi connectivity index (χ4n) is 2.93. The van der Waals surface area contributed by atoms with Crippen LogP contribution in [0.3, 0.4) is 0 Å². The average Bonchev–Trinajstić information content (AvgIpc) is 3.09. The Bertz CT molecular complexity index is 644. The standard InChI is InChI=1S/C17H21N3O2S/c1-2-14-10-6-7-11-20(14)15(21)12-23-17-19-18-16(22-17)13-8-4-3-5-9-13/h3-5,8-9,14H,2,6-7,10-12H2,1H3. The molecule has 2 heterocycles. The van der Waals surface area contributed by atoms with E-state index in [-0.39, 0.29) is 5.91 Å². The van der Waals surface area contributed by atoms with E-state index in [4.69, 9.17) is 4.42 Å². The second-order valence-corrected chi connectivity index (χ2v) is 6.60. The summed E-state index contributed by atoms with van der Waals surface area (Å²) < 4.78 is 5.63. The number of amides is 1. The van der Waals surface area contributed by atoms with Crippen molar-refractivity contribution in [2.45, 2.75) is 43.9 Å². The summed E-state index contributed by atoms with van der Waals surface area (Å²) in [6.45, 7) is 3.02. The third-order valence-corrected chi connectivity index (χ3v) is 4.97. The number of likely N-dealkylation sites (tertiary alicyclic amines) is 1. The van der Waals surface area contributed by atoms with Gasteiger partial charge in [0.05, 0.1) is 5.75 Å². The summed E-state index contributed by atoms with van der Waals surface area (Å²) in [4.78, 5) is 14.5. The third-order valence-electron chi connectivity index (χ3n) is 4.17. The largest absolute Gasteiger partial charge is 0.411 e. The molecule has 1 fully saturated rings. The molecule has 5 nitrogen and oxygen atoms in total. The van der Waals surface area contributed by atoms with Gasteiger partial charge >= 0.3 is 0 Å². The van der Waals surface area contributed by atoms with Gasteiger partial charge in [0.1, 0.15) is 0 Å². The predicted molar refractivity (Wildman–Crippen MR) is 90.1 cm³/mol. The monoisotopic (exact) mass is 331 g/mol. The Morgan fingerprint density at radius 2 is 2.13 bits per heavy atom. The smallest absolute Gasteiger partial charge is 0.277 e. The number of hydrogen-bond donors (Lipinski definition) is 0. The number of benzene rings is 1. The lowest BCUT2D eigenvalue weighted by Crippen LogP contribution is -2.44. The molecule has 122 valence electrons. The highest BCUT2D eigenvalue weighted by molar-refractivity contribution is 7.99. The molecule has 1 saturated heterocycles. The topological polar surface area (TPSA) is 59.2 Å². The van der Waals surface area contributed by atoms with Gasteiger partial charge in [0.25, 0.3) is 5.22 Å². The van der Waals surface area contributed by atoms with E-state index < -0.39 is 0 Å². The number of hydrogen-bond acceptors (Lipinski definition) is 5. The van der Waals surface area contributed by atoms with E-state index in [1.807, 2.05) is 35.2 Å². The highest BCUT2D eigenvalue weighted by Crippen LogP contribution is 2.25. The van der Waals surface area contributed by atoms with Crippen molar-refractivity contribution in [2.24, 2.45) is 0 Å². The van der Waals surface area contributed by atoms with Crippen molar-refractivity contribution in [3.63, 3.8) is 0 Å². The van der Waals surface area contributed by atoms with E-state index in [1.165, 1.54) is 18.2 Å². The van der Waals surface area contributed by atoms with E-state index in [1.54, 1.807) is 0 Å². The zero-order valence-corrected chi connectivity index (χ0v) is 14.1. The molecule has 1 aromatic carbocycles. The molecule has 6 heteroatoms. The molecule has 1 aliphatic rings. The predicted octanol–water partition coefficient (Wildman–Crippen LogP) is 3.62. The second-order valence-electron chi connectivity index (χ2n) is 5.67. The van der Waals surface area contributed by atoms with Crippen molar-refractivity contribution < 1.29 is 9.21 Å². The zero-order valence-electron chi connectivity index (χ0n) is 13.3. The highest BCUT2D eigenvalue weighted by atomic mass is 32.2. The second kappa shape index (κ2) is 7.64. The number of aromatic nitrogens is 2. The molecular weight excluding hydrogens is 310 g/mol. The molecule has 0 aliphatic carbocycles. The van der Waals surface area contributed by atoms with Crippen LogP contribution in [0.4, 0.5) is 0 Å². The number of carbonyl (C=O) groups excluding carboxylic acids is 1. The normalized spacial score (nSPS) is 18.1. The molecule has 0 radical (unpaired) electrons. The summed E-state index contributed by atoms with van der Waals surface area (Å²) in [5.74, 6) is 1.01. The van der Waals surface area contributed by atoms with Crippen molar-refractivity contribution in [2.75, 3.05) is 12.3 Å². The molecule has 3 rings (SSSR count). The van der Waals surface area contributed by atoms with E-state index in [0.717, 1.165) is 31.4 Å². The maximum Gasteiger partial charge on any atom is 0.277 e. The molecule has 1 atom stereocenters. The van der Waals surface area contributed by atoms with Gasteiger partial charge in [-0.2, -0.15) is 0 Å². The van der Waals surface area contributed by atoms with Gasteiger partial charge in [0, 0.05) is 18.2 Å². The van der Waals surface area contributed by atoms with Gasteiger partial charge in [-0.15, -0.1) is 10.2 Å². The summed E-state index contributed by atoms with van der Waals surface area (Å²) in [5.41, 5.74) is 0.889. The lowest BCUT2D eigenvalue weighted by Gasteiger charge is -2.35. The summed E-state index contributed by atoms with van der Waals surface area (Å²) >= 11 is 1.32. The number of thioether (sulfide) groups is 1. The van der Waals surface area contributed by atoms with Gasteiger partial charge in [-0.25, -0.2) is 0 Å². The minimum atomic E-state index is 0.168. The fourth-order valence-corrected chi connectivity index (χ4v) is 3.57. The molecule has 0 saturated carbocycles. The summed E-state index contributed by atoms with van der Waals surface area (Å²) in [6.07, 6.45) is 4.46. The van der Waals surface area contributed by atoms with Crippen LogP contribution in [0.1, 0.15) is 32.6 Å². The lowest BCUT2D eigenvalue weighted by atomic mass is 10.0. The first-order chi connectivity index (χ1) is 11.3. The van der Waals surface area contributed by atoms with Crippen LogP contribution in [0.25, 0.3) is 11.5 Å². The third kappa shape index (κ3) is 3.93. The number of nitrogens with zero attached hydrogens (tertiary/aromatic N) is 3. The SMILES string of the molecule is CCC1CCCCN1C(=O)CSc1nnc(-c2ccccc2)o1. The first kappa shape index (κ1) is 16.1. The van der Waals surface area contributed by atoms with Gasteiger partial charge in [-0.1, -0.05) is 36.9 Å². The Morgan fingerprint density at radius 1 is 1.30 bits per heavy atom. The number of piperidine rings is 1. The molecule has 0 bridgehead atoms. The molecule has 0 spiro atoms. The molecule has 1 aliphatic heterocycles. The summed E-state index contributed by atoms with van der Waals surface area (Å²) in [7, 11) is 0. The van der Waals surface area contributed by atoms with Crippen LogP contribution in [0, 0.1) is 0 Å². The Kier molecular flexibility index (Phi) is 5.33. The molecule has 1 amide bonds. The lowest BCUT2D eigenvalue weighted by molar-refractivity contribution is -0.132. The van der Waals surface area contributed by atoms with Crippen LogP contribution in [0.5, 0.6) is 0 Å². The van der Waals surface area contributed by atoms with Crippen molar-refractivity contribution in [3.8, 4) is 11.5 Å². The van der Waals surface area contributed by atoms with Crippen LogP contribution in [-0.2, 0) is 4.79 Å². The van der Waals surface area contributed by atoms with E-state index >= 15 is 0 Å². The molecule has 0 N–H and O–H groups in total. The maximum atomic E-state index is 12.4. The first-order valence-corrected chi connectivity index (χ1v) is 9.07. The van der Waals surface area contributed by atoms with Gasteiger partial charge in [-0.3, -0.25) is 4.79 Å². The van der Waals surface area contributed by atoms with Crippen LogP contribution in [-0.4, -0.2) is 39.3 Å². The summed E-state index contributed by atoms with van der Waals surface area (Å²) in [6, 6.07) is 10.0. The van der Waals surface area contributed by atoms with E-state index in [9.17, 15) is 4.79 Å². The number of carbonyl (C=O) groups is 1. The van der Waals surface area contributed by atoms with Crippen molar-refractivity contribution in [1.29, 1.82) is 0 Å². The molecule has 1 aromatic heterocycles. The Morgan fingerprint density at radius 3 is 2.91 bits per heavy atom. The van der Waals surface area contributed by atoms with Crippen LogP contribution in [0.2, 0.25) is 0 Å². The van der Waals surface area contributed by atoms with Crippen LogP contribution in [0.15, 0.2) is 40.0 Å². The average molecular weight is 331 g/mol. The Labute approximate surface area is 140 Å². The minimum absolute atomic E-state index is 0.168. The number of rotatable bonds is 5. The molecule has 2 aromatic rings. The van der Waals surface area contributed by atoms with E-state index in [2.05, 4.69) is 17.1 Å². The molecular formula is C17H21N3O2S. The van der Waals surface area contributed by atoms with Crippen molar-refractivity contribution in [1.82, 2.24) is 15.1 Å². The van der Waals surface area contributed by atoms with Crippen molar-refractivity contribution in [3.05, 3.63) is 30.3 Å². The van der Waals surface area contributed by atoms with Gasteiger partial charge in [0.2, 0.25) is 11.8 Å².